The molecule has 0 radical (unpaired) electrons. The Morgan fingerprint density at radius 1 is 0.962 bits per heavy atom. The second-order valence-corrected chi connectivity index (χ2v) is 6.16. The van der Waals surface area contributed by atoms with Crippen LogP contribution >= 0.6 is 0 Å². The second-order valence-electron chi connectivity index (χ2n) is 6.16. The molecule has 0 aromatic heterocycles. The number of rotatable bonds is 4. The van der Waals surface area contributed by atoms with Crippen molar-refractivity contribution in [2.24, 2.45) is 11.8 Å². The quantitative estimate of drug-likeness (QED) is 0.742. The van der Waals surface area contributed by atoms with Gasteiger partial charge in [0, 0.05) is 0 Å². The molecule has 2 aliphatic heterocycles. The summed E-state index contributed by atoms with van der Waals surface area (Å²) < 4.78 is 32.3. The first-order valence-electron chi connectivity index (χ1n) is 8.11. The molecule has 0 unspecified atom stereocenters. The van der Waals surface area contributed by atoms with Crippen molar-refractivity contribution in [2.45, 2.75) is 5.92 Å². The molecule has 0 amide bonds. The highest BCUT2D eigenvalue weighted by molar-refractivity contribution is 6.02. The van der Waals surface area contributed by atoms with E-state index in [0.717, 1.165) is 0 Å². The topological polar surface area (TPSA) is 89.5 Å². The molecule has 2 heterocycles. The molecule has 1 aromatic rings. The third kappa shape index (κ3) is 2.21. The van der Waals surface area contributed by atoms with Crippen LogP contribution in [0.3, 0.4) is 0 Å². The van der Waals surface area contributed by atoms with Crippen LogP contribution < -0.4 is 14.2 Å². The van der Waals surface area contributed by atoms with Gasteiger partial charge in [0.25, 0.3) is 0 Å². The van der Waals surface area contributed by atoms with Crippen LogP contribution in [0.1, 0.15) is 11.5 Å². The van der Waals surface area contributed by atoms with E-state index in [1.54, 1.807) is 12.1 Å². The Morgan fingerprint density at radius 3 is 2.27 bits per heavy atom. The van der Waals surface area contributed by atoms with Crippen molar-refractivity contribution in [3.05, 3.63) is 29.2 Å². The van der Waals surface area contributed by atoms with Crippen LogP contribution in [-0.2, 0) is 23.8 Å². The zero-order valence-corrected chi connectivity index (χ0v) is 14.6. The number of hydrogen-bond donors (Lipinski definition) is 0. The van der Waals surface area contributed by atoms with E-state index in [1.165, 1.54) is 21.3 Å². The first kappa shape index (κ1) is 16.6. The molecule has 1 fully saturated rings. The van der Waals surface area contributed by atoms with Gasteiger partial charge < -0.3 is 28.4 Å². The highest BCUT2D eigenvalue weighted by atomic mass is 16.7. The number of benzene rings is 1. The van der Waals surface area contributed by atoms with Gasteiger partial charge in [-0.25, -0.2) is 0 Å². The molecular weight excluding hydrogens is 344 g/mol. The molecule has 8 heteroatoms. The van der Waals surface area contributed by atoms with Gasteiger partial charge in [0.15, 0.2) is 17.3 Å². The maximum absolute atomic E-state index is 12.6. The second kappa shape index (κ2) is 6.12. The summed E-state index contributed by atoms with van der Waals surface area (Å²) in [6.07, 6.45) is 0. The standard InChI is InChI=1S/C18H18O8/c1-21-10-4-8(5-11(22-2)15(10)23-3)12-13-9(6-24-18(13)20)14(19)17-16(12)25-7-26-17/h4-5,9,12-13H,6-7H2,1-3H3/t9-,12-,13-/m1/s1. The third-order valence-electron chi connectivity index (χ3n) is 5.00. The van der Waals surface area contributed by atoms with Crippen molar-refractivity contribution >= 4 is 11.8 Å². The summed E-state index contributed by atoms with van der Waals surface area (Å²) in [7, 11) is 4.54. The van der Waals surface area contributed by atoms with Crippen molar-refractivity contribution in [1.29, 1.82) is 0 Å². The van der Waals surface area contributed by atoms with Crippen LogP contribution in [0.5, 0.6) is 17.2 Å². The molecule has 3 atom stereocenters. The Morgan fingerprint density at radius 2 is 1.65 bits per heavy atom. The van der Waals surface area contributed by atoms with Crippen molar-refractivity contribution in [3.63, 3.8) is 0 Å². The summed E-state index contributed by atoms with van der Waals surface area (Å²) in [6, 6.07) is 3.49. The first-order valence-corrected chi connectivity index (χ1v) is 8.11. The summed E-state index contributed by atoms with van der Waals surface area (Å²) in [5.74, 6) is -0.620. The molecule has 1 saturated heterocycles. The average Bonchev–Trinajstić information content (AvgIpc) is 3.29. The van der Waals surface area contributed by atoms with Crippen molar-refractivity contribution < 1.29 is 38.0 Å². The Labute approximate surface area is 149 Å². The number of Topliss-reactive ketones (excluding diaryl/α,β-unsaturated/α-hetero) is 1. The third-order valence-corrected chi connectivity index (χ3v) is 5.00. The van der Waals surface area contributed by atoms with Gasteiger partial charge in [-0.3, -0.25) is 9.59 Å². The van der Waals surface area contributed by atoms with Crippen molar-refractivity contribution in [3.8, 4) is 17.2 Å². The highest BCUT2D eigenvalue weighted by Gasteiger charge is 2.56. The summed E-state index contributed by atoms with van der Waals surface area (Å²) in [5.41, 5.74) is 0.693. The number of methoxy groups -OCH3 is 3. The van der Waals surface area contributed by atoms with Gasteiger partial charge in [0.05, 0.1) is 39.1 Å². The number of cyclic esters (lactones) is 1. The molecule has 4 rings (SSSR count). The number of esters is 1. The predicted molar refractivity (Wildman–Crippen MR) is 85.8 cm³/mol. The smallest absolute Gasteiger partial charge is 0.310 e. The van der Waals surface area contributed by atoms with Gasteiger partial charge in [-0.15, -0.1) is 0 Å². The molecular formula is C18H18O8. The number of carbonyl (C=O) groups excluding carboxylic acids is 2. The molecule has 0 bridgehead atoms. The maximum Gasteiger partial charge on any atom is 0.310 e. The number of allylic oxidation sites excluding steroid dienone is 2. The van der Waals surface area contributed by atoms with Crippen LogP contribution in [-0.4, -0.2) is 46.5 Å². The average molecular weight is 362 g/mol. The molecule has 26 heavy (non-hydrogen) atoms. The number of ether oxygens (including phenoxy) is 6. The lowest BCUT2D eigenvalue weighted by Crippen LogP contribution is -2.36. The van der Waals surface area contributed by atoms with Crippen LogP contribution in [0.2, 0.25) is 0 Å². The molecule has 8 nitrogen and oxygen atoms in total. The van der Waals surface area contributed by atoms with Gasteiger partial charge >= 0.3 is 5.97 Å². The largest absolute Gasteiger partial charge is 0.493 e. The highest BCUT2D eigenvalue weighted by Crippen LogP contribution is 2.51. The molecule has 0 N–H and O–H groups in total. The van der Waals surface area contributed by atoms with Gasteiger partial charge in [-0.05, 0) is 17.7 Å². The van der Waals surface area contributed by atoms with E-state index < -0.39 is 23.7 Å². The Kier molecular flexibility index (Phi) is 3.90. The molecule has 0 spiro atoms. The van der Waals surface area contributed by atoms with E-state index >= 15 is 0 Å². The molecule has 3 aliphatic rings. The number of fused-ring (bicyclic) bond motifs is 1. The Bertz CT molecular complexity index is 786. The summed E-state index contributed by atoms with van der Waals surface area (Å²) >= 11 is 0. The van der Waals surface area contributed by atoms with E-state index in [1.807, 2.05) is 0 Å². The predicted octanol–water partition coefficient (Wildman–Crippen LogP) is 1.38. The lowest BCUT2D eigenvalue weighted by atomic mass is 9.72. The van der Waals surface area contributed by atoms with E-state index in [4.69, 9.17) is 28.4 Å². The minimum absolute atomic E-state index is 0.0450. The minimum atomic E-state index is -0.675. The van der Waals surface area contributed by atoms with Crippen molar-refractivity contribution in [1.82, 2.24) is 0 Å². The molecule has 1 aliphatic carbocycles. The number of hydrogen-bond acceptors (Lipinski definition) is 8. The van der Waals surface area contributed by atoms with E-state index in [9.17, 15) is 9.59 Å². The van der Waals surface area contributed by atoms with Crippen LogP contribution in [0.15, 0.2) is 23.7 Å². The Hall–Kier alpha value is -2.90. The fraction of sp³-hybridized carbons (Fsp3) is 0.444. The van der Waals surface area contributed by atoms with E-state index in [-0.39, 0.29) is 24.9 Å². The van der Waals surface area contributed by atoms with E-state index in [0.29, 0.717) is 28.6 Å². The zero-order chi connectivity index (χ0) is 18.4. The lowest BCUT2D eigenvalue weighted by Gasteiger charge is -2.29. The molecule has 0 saturated carbocycles. The van der Waals surface area contributed by atoms with Crippen LogP contribution in [0, 0.1) is 11.8 Å². The van der Waals surface area contributed by atoms with Gasteiger partial charge in [0.2, 0.25) is 24.1 Å². The minimum Gasteiger partial charge on any atom is -0.493 e. The van der Waals surface area contributed by atoms with Crippen LogP contribution in [0.25, 0.3) is 0 Å². The number of ketones is 1. The SMILES string of the molecule is COc1cc([C@H]2C3=C(OCO3)C(=O)[C@@H]3COC(=O)[C@@H]23)cc(OC)c1OC. The lowest BCUT2D eigenvalue weighted by molar-refractivity contribution is -0.142. The summed E-state index contributed by atoms with van der Waals surface area (Å²) in [5, 5.41) is 0. The van der Waals surface area contributed by atoms with Crippen molar-refractivity contribution in [2.75, 3.05) is 34.7 Å². The van der Waals surface area contributed by atoms with E-state index in [2.05, 4.69) is 0 Å². The number of carbonyl (C=O) groups is 2. The normalized spacial score (nSPS) is 26.5. The maximum atomic E-state index is 12.6. The van der Waals surface area contributed by atoms with Gasteiger partial charge in [-0.1, -0.05) is 0 Å². The summed E-state index contributed by atoms with van der Waals surface area (Å²) in [4.78, 5) is 25.0. The fourth-order valence-electron chi connectivity index (χ4n) is 3.83. The fourth-order valence-corrected chi connectivity index (χ4v) is 3.83. The monoisotopic (exact) mass is 362 g/mol. The molecule has 138 valence electrons. The summed E-state index contributed by atoms with van der Waals surface area (Å²) in [6.45, 7) is -0.00475. The first-order chi connectivity index (χ1) is 12.6. The Balaban J connectivity index is 1.90. The zero-order valence-electron chi connectivity index (χ0n) is 14.6. The molecule has 1 aromatic carbocycles. The van der Waals surface area contributed by atoms with Gasteiger partial charge in [0.1, 0.15) is 6.61 Å². The van der Waals surface area contributed by atoms with Gasteiger partial charge in [-0.2, -0.15) is 0 Å². The van der Waals surface area contributed by atoms with Crippen LogP contribution in [0.4, 0.5) is 0 Å².